The molecule has 0 radical (unpaired) electrons. The topological polar surface area (TPSA) is 29.9 Å². The third-order valence-electron chi connectivity index (χ3n) is 3.38. The fourth-order valence-electron chi connectivity index (χ4n) is 2.23. The van der Waals surface area contributed by atoms with Crippen LogP contribution in [-0.2, 0) is 6.42 Å². The zero-order valence-corrected chi connectivity index (χ0v) is 10.5. The molecule has 0 saturated heterocycles. The molecule has 1 N–H and O–H groups in total. The molecule has 1 heterocycles. The van der Waals surface area contributed by atoms with Crippen LogP contribution in [0.25, 0.3) is 0 Å². The van der Waals surface area contributed by atoms with E-state index in [1.54, 1.807) is 0 Å². The number of aromatic nitrogens is 2. The highest BCUT2D eigenvalue weighted by Crippen LogP contribution is 2.36. The highest BCUT2D eigenvalue weighted by atomic mass is 15.2. The van der Waals surface area contributed by atoms with Gasteiger partial charge in [-0.25, -0.2) is 4.98 Å². The first-order valence-electron chi connectivity index (χ1n) is 6.74. The summed E-state index contributed by atoms with van der Waals surface area (Å²) in [7, 11) is 0. The Balaban J connectivity index is 1.45. The van der Waals surface area contributed by atoms with Crippen LogP contribution in [0.15, 0.2) is 42.7 Å². The van der Waals surface area contributed by atoms with Gasteiger partial charge in [-0.05, 0) is 31.2 Å². The number of benzene rings is 1. The highest BCUT2D eigenvalue weighted by Gasteiger charge is 2.25. The number of aryl methyl sites for hydroxylation is 1. The van der Waals surface area contributed by atoms with E-state index in [1.165, 1.54) is 18.4 Å². The van der Waals surface area contributed by atoms with Gasteiger partial charge in [-0.3, -0.25) is 0 Å². The van der Waals surface area contributed by atoms with Crippen LogP contribution in [0.3, 0.4) is 0 Å². The van der Waals surface area contributed by atoms with E-state index >= 15 is 0 Å². The van der Waals surface area contributed by atoms with E-state index in [2.05, 4.69) is 51.4 Å². The largest absolute Gasteiger partial charge is 0.356 e. The van der Waals surface area contributed by atoms with Gasteiger partial charge >= 0.3 is 0 Å². The number of nitrogens with zero attached hydrogens (tertiary/aromatic N) is 2. The molecule has 0 bridgehead atoms. The Kier molecular flexibility index (Phi) is 3.31. The number of rotatable bonds is 6. The Hall–Kier alpha value is -1.77. The van der Waals surface area contributed by atoms with Crippen LogP contribution in [0.4, 0.5) is 5.95 Å². The number of hydrogen-bond acceptors (Lipinski definition) is 2. The van der Waals surface area contributed by atoms with Crippen LogP contribution >= 0.6 is 0 Å². The van der Waals surface area contributed by atoms with Gasteiger partial charge in [-0.15, -0.1) is 0 Å². The maximum absolute atomic E-state index is 4.37. The summed E-state index contributed by atoms with van der Waals surface area (Å²) in [6.45, 7) is 0.985. The van der Waals surface area contributed by atoms with Crippen molar-refractivity contribution in [1.82, 2.24) is 9.55 Å². The van der Waals surface area contributed by atoms with Crippen molar-refractivity contribution in [2.24, 2.45) is 0 Å². The molecule has 1 aliphatic rings. The molecule has 3 heteroatoms. The Morgan fingerprint density at radius 2 is 2.06 bits per heavy atom. The quantitative estimate of drug-likeness (QED) is 0.787. The molecule has 0 amide bonds. The number of imidazole rings is 1. The molecule has 0 atom stereocenters. The molecule has 2 aromatic rings. The smallest absolute Gasteiger partial charge is 0.203 e. The van der Waals surface area contributed by atoms with E-state index in [9.17, 15) is 0 Å². The fraction of sp³-hybridized carbons (Fsp3) is 0.400. The molecular weight excluding hydrogens is 222 g/mol. The molecule has 18 heavy (non-hydrogen) atoms. The predicted molar refractivity (Wildman–Crippen MR) is 73.8 cm³/mol. The molecule has 1 fully saturated rings. The van der Waals surface area contributed by atoms with Crippen molar-refractivity contribution in [2.45, 2.75) is 31.7 Å². The number of nitrogens with one attached hydrogen (secondary N) is 1. The fourth-order valence-corrected chi connectivity index (χ4v) is 2.23. The van der Waals surface area contributed by atoms with Crippen LogP contribution < -0.4 is 5.32 Å². The van der Waals surface area contributed by atoms with Crippen molar-refractivity contribution in [3.63, 3.8) is 0 Å². The van der Waals surface area contributed by atoms with E-state index in [0.29, 0.717) is 6.04 Å². The average molecular weight is 241 g/mol. The normalized spacial score (nSPS) is 14.7. The van der Waals surface area contributed by atoms with Crippen LogP contribution in [0.5, 0.6) is 0 Å². The lowest BCUT2D eigenvalue weighted by atomic mass is 10.1. The molecular formula is C15H19N3. The second-order valence-electron chi connectivity index (χ2n) is 4.91. The van der Waals surface area contributed by atoms with E-state index in [-0.39, 0.29) is 0 Å². The van der Waals surface area contributed by atoms with Gasteiger partial charge in [0, 0.05) is 25.0 Å². The number of hydrogen-bond donors (Lipinski definition) is 1. The van der Waals surface area contributed by atoms with Gasteiger partial charge in [0.1, 0.15) is 0 Å². The maximum atomic E-state index is 4.37. The second-order valence-corrected chi connectivity index (χ2v) is 4.91. The molecule has 1 aliphatic carbocycles. The first kappa shape index (κ1) is 11.3. The third-order valence-corrected chi connectivity index (χ3v) is 3.38. The monoisotopic (exact) mass is 241 g/mol. The van der Waals surface area contributed by atoms with E-state index in [4.69, 9.17) is 0 Å². The van der Waals surface area contributed by atoms with Crippen LogP contribution in [0.1, 0.15) is 30.9 Å². The van der Waals surface area contributed by atoms with Crippen LogP contribution in [0, 0.1) is 0 Å². The summed E-state index contributed by atoms with van der Waals surface area (Å²) in [5.74, 6) is 1.03. The maximum Gasteiger partial charge on any atom is 0.203 e. The summed E-state index contributed by atoms with van der Waals surface area (Å²) >= 11 is 0. The van der Waals surface area contributed by atoms with E-state index < -0.39 is 0 Å². The Bertz CT molecular complexity index is 485. The van der Waals surface area contributed by atoms with E-state index in [0.717, 1.165) is 25.3 Å². The average Bonchev–Trinajstić information content (AvgIpc) is 3.16. The third kappa shape index (κ3) is 2.73. The van der Waals surface area contributed by atoms with E-state index in [1.807, 2.05) is 6.20 Å². The minimum absolute atomic E-state index is 0.698. The van der Waals surface area contributed by atoms with Gasteiger partial charge < -0.3 is 9.88 Å². The lowest BCUT2D eigenvalue weighted by molar-refractivity contribution is 0.737. The summed E-state index contributed by atoms with van der Waals surface area (Å²) in [4.78, 5) is 4.37. The Morgan fingerprint density at radius 3 is 2.83 bits per heavy atom. The SMILES string of the molecule is c1ccc(CCCNc2nccn2C2CC2)cc1. The van der Waals surface area contributed by atoms with Crippen molar-refractivity contribution >= 4 is 5.95 Å². The molecule has 1 aromatic heterocycles. The van der Waals surface area contributed by atoms with Gasteiger partial charge in [-0.1, -0.05) is 30.3 Å². The molecule has 3 nitrogen and oxygen atoms in total. The summed E-state index contributed by atoms with van der Waals surface area (Å²) in [5, 5.41) is 3.44. The lowest BCUT2D eigenvalue weighted by Gasteiger charge is -2.08. The van der Waals surface area contributed by atoms with Crippen molar-refractivity contribution in [3.05, 3.63) is 48.3 Å². The molecule has 94 valence electrons. The Labute approximate surface area is 108 Å². The van der Waals surface area contributed by atoms with Crippen molar-refractivity contribution in [2.75, 3.05) is 11.9 Å². The molecule has 0 unspecified atom stereocenters. The lowest BCUT2D eigenvalue weighted by Crippen LogP contribution is -2.08. The summed E-state index contributed by atoms with van der Waals surface area (Å²) < 4.78 is 2.27. The number of anilines is 1. The second kappa shape index (κ2) is 5.25. The predicted octanol–water partition coefficient (Wildman–Crippen LogP) is 3.26. The van der Waals surface area contributed by atoms with Crippen LogP contribution in [0.2, 0.25) is 0 Å². The minimum Gasteiger partial charge on any atom is -0.356 e. The standard InChI is InChI=1S/C15H19N3/c1-2-5-13(6-3-1)7-4-10-16-15-17-11-12-18(15)14-8-9-14/h1-3,5-6,11-12,14H,4,7-10H2,(H,16,17). The van der Waals surface area contributed by atoms with Gasteiger partial charge in [0.15, 0.2) is 0 Å². The van der Waals surface area contributed by atoms with Gasteiger partial charge in [-0.2, -0.15) is 0 Å². The van der Waals surface area contributed by atoms with Crippen molar-refractivity contribution < 1.29 is 0 Å². The Morgan fingerprint density at radius 1 is 1.22 bits per heavy atom. The van der Waals surface area contributed by atoms with Crippen LogP contribution in [-0.4, -0.2) is 16.1 Å². The summed E-state index contributed by atoms with van der Waals surface area (Å²) in [6, 6.07) is 11.3. The molecule has 1 saturated carbocycles. The van der Waals surface area contributed by atoms with Crippen molar-refractivity contribution in [3.8, 4) is 0 Å². The summed E-state index contributed by atoms with van der Waals surface area (Å²) in [5.41, 5.74) is 1.41. The zero-order chi connectivity index (χ0) is 12.2. The molecule has 3 rings (SSSR count). The summed E-state index contributed by atoms with van der Waals surface area (Å²) in [6.07, 6.45) is 8.83. The van der Waals surface area contributed by atoms with Crippen molar-refractivity contribution in [1.29, 1.82) is 0 Å². The van der Waals surface area contributed by atoms with Gasteiger partial charge in [0.25, 0.3) is 0 Å². The zero-order valence-electron chi connectivity index (χ0n) is 10.5. The molecule has 0 spiro atoms. The first-order chi connectivity index (χ1) is 8.93. The van der Waals surface area contributed by atoms with Gasteiger partial charge in [0.2, 0.25) is 5.95 Å². The first-order valence-corrected chi connectivity index (χ1v) is 6.74. The highest BCUT2D eigenvalue weighted by molar-refractivity contribution is 5.27. The molecule has 1 aromatic carbocycles. The minimum atomic E-state index is 0.698. The molecule has 0 aliphatic heterocycles. The van der Waals surface area contributed by atoms with Gasteiger partial charge in [0.05, 0.1) is 0 Å².